The molecule has 0 N–H and O–H groups in total. The summed E-state index contributed by atoms with van der Waals surface area (Å²) in [6, 6.07) is 5.50. The molecular weight excluding hydrogens is 258 g/mol. The molecule has 0 aliphatic rings. The highest BCUT2D eigenvalue weighted by Crippen LogP contribution is 2.23. The fourth-order valence-electron chi connectivity index (χ4n) is 1.95. The van der Waals surface area contributed by atoms with E-state index < -0.39 is 0 Å². The average molecular weight is 275 g/mol. The van der Waals surface area contributed by atoms with Gasteiger partial charge in [-0.15, -0.1) is 0 Å². The van der Waals surface area contributed by atoms with E-state index in [9.17, 15) is 4.79 Å². The van der Waals surface area contributed by atoms with E-state index in [4.69, 9.17) is 9.26 Å². The number of carbonyl (C=O) groups excluding carboxylic acids is 1. The minimum Gasteiger partial charge on any atom is -0.496 e. The first-order valence-corrected chi connectivity index (χ1v) is 6.21. The van der Waals surface area contributed by atoms with Gasteiger partial charge in [-0.1, -0.05) is 17.3 Å². The van der Waals surface area contributed by atoms with E-state index in [1.807, 2.05) is 19.1 Å². The number of hydrogen-bond acceptors (Lipinski definition) is 5. The van der Waals surface area contributed by atoms with Crippen LogP contribution in [0.1, 0.15) is 27.6 Å². The van der Waals surface area contributed by atoms with Gasteiger partial charge in [0.2, 0.25) is 5.89 Å². The van der Waals surface area contributed by atoms with Gasteiger partial charge < -0.3 is 14.2 Å². The number of aryl methyl sites for hydroxylation is 2. The van der Waals surface area contributed by atoms with Gasteiger partial charge in [0.1, 0.15) is 5.75 Å². The molecule has 106 valence electrons. The zero-order chi connectivity index (χ0) is 14.7. The molecule has 0 saturated carbocycles. The molecule has 2 rings (SSSR count). The quantitative estimate of drug-likeness (QED) is 0.853. The van der Waals surface area contributed by atoms with Crippen molar-refractivity contribution in [1.29, 1.82) is 0 Å². The van der Waals surface area contributed by atoms with Gasteiger partial charge in [-0.25, -0.2) is 0 Å². The maximum Gasteiger partial charge on any atom is 0.258 e. The standard InChI is InChI=1S/C14H17N3O3/c1-9-6-5-7-11(19-4)13(9)14(18)17(3)8-12-15-10(2)16-20-12/h5-7H,8H2,1-4H3. The van der Waals surface area contributed by atoms with Crippen molar-refractivity contribution in [2.45, 2.75) is 20.4 Å². The van der Waals surface area contributed by atoms with Crippen LogP contribution in [0.4, 0.5) is 0 Å². The molecule has 0 spiro atoms. The Balaban J connectivity index is 2.22. The molecule has 1 aromatic heterocycles. The first-order chi connectivity index (χ1) is 9.52. The van der Waals surface area contributed by atoms with Crippen LogP contribution >= 0.6 is 0 Å². The molecule has 0 aliphatic heterocycles. The fraction of sp³-hybridized carbons (Fsp3) is 0.357. The zero-order valence-electron chi connectivity index (χ0n) is 12.0. The largest absolute Gasteiger partial charge is 0.496 e. The van der Waals surface area contributed by atoms with Crippen LogP contribution in [0.15, 0.2) is 22.7 Å². The van der Waals surface area contributed by atoms with Crippen LogP contribution in [0.3, 0.4) is 0 Å². The van der Waals surface area contributed by atoms with Crippen LogP contribution in [0, 0.1) is 13.8 Å². The lowest BCUT2D eigenvalue weighted by Gasteiger charge is -2.18. The molecule has 1 amide bonds. The van der Waals surface area contributed by atoms with Gasteiger partial charge in [-0.2, -0.15) is 4.98 Å². The monoisotopic (exact) mass is 275 g/mol. The Hall–Kier alpha value is -2.37. The smallest absolute Gasteiger partial charge is 0.258 e. The number of ether oxygens (including phenoxy) is 1. The van der Waals surface area contributed by atoms with Crippen molar-refractivity contribution in [2.24, 2.45) is 0 Å². The first-order valence-electron chi connectivity index (χ1n) is 6.21. The Morgan fingerprint density at radius 1 is 1.40 bits per heavy atom. The summed E-state index contributed by atoms with van der Waals surface area (Å²) in [5.41, 5.74) is 1.41. The van der Waals surface area contributed by atoms with Crippen LogP contribution in [-0.4, -0.2) is 35.1 Å². The van der Waals surface area contributed by atoms with E-state index >= 15 is 0 Å². The van der Waals surface area contributed by atoms with Gasteiger partial charge >= 0.3 is 0 Å². The van der Waals surface area contributed by atoms with E-state index in [1.54, 1.807) is 27.1 Å². The lowest BCUT2D eigenvalue weighted by molar-refractivity contribution is 0.0765. The van der Waals surface area contributed by atoms with Crippen LogP contribution in [0.2, 0.25) is 0 Å². The van der Waals surface area contributed by atoms with Crippen molar-refractivity contribution in [3.8, 4) is 5.75 Å². The van der Waals surface area contributed by atoms with Gasteiger partial charge in [0.05, 0.1) is 19.2 Å². The Morgan fingerprint density at radius 3 is 2.75 bits per heavy atom. The maximum absolute atomic E-state index is 12.5. The van der Waals surface area contributed by atoms with Crippen molar-refractivity contribution in [3.63, 3.8) is 0 Å². The highest BCUT2D eigenvalue weighted by atomic mass is 16.5. The third kappa shape index (κ3) is 2.79. The molecule has 0 aliphatic carbocycles. The number of benzene rings is 1. The van der Waals surface area contributed by atoms with Crippen LogP contribution < -0.4 is 4.74 Å². The molecule has 6 heteroatoms. The summed E-state index contributed by atoms with van der Waals surface area (Å²) in [5, 5.41) is 3.70. The summed E-state index contributed by atoms with van der Waals surface area (Å²) in [5.74, 6) is 1.37. The molecule has 0 atom stereocenters. The molecule has 20 heavy (non-hydrogen) atoms. The molecule has 1 aromatic carbocycles. The third-order valence-electron chi connectivity index (χ3n) is 2.96. The molecule has 0 saturated heterocycles. The van der Waals surface area contributed by atoms with Gasteiger partial charge in [0, 0.05) is 7.05 Å². The summed E-state index contributed by atoms with van der Waals surface area (Å²) in [7, 11) is 3.24. The number of aromatic nitrogens is 2. The van der Waals surface area contributed by atoms with E-state index in [0.29, 0.717) is 23.0 Å². The molecule has 0 bridgehead atoms. The summed E-state index contributed by atoms with van der Waals surface area (Å²) in [6.07, 6.45) is 0. The summed E-state index contributed by atoms with van der Waals surface area (Å²) in [4.78, 5) is 18.1. The van der Waals surface area contributed by atoms with Crippen LogP contribution in [0.25, 0.3) is 0 Å². The molecular formula is C14H17N3O3. The summed E-state index contributed by atoms with van der Waals surface area (Å²) < 4.78 is 10.3. The highest BCUT2D eigenvalue weighted by molar-refractivity contribution is 5.98. The Bertz CT molecular complexity index is 622. The number of nitrogens with zero attached hydrogens (tertiary/aromatic N) is 3. The second-order valence-corrected chi connectivity index (χ2v) is 4.55. The Labute approximate surface area is 117 Å². The van der Waals surface area contributed by atoms with Crippen molar-refractivity contribution < 1.29 is 14.1 Å². The average Bonchev–Trinajstić information content (AvgIpc) is 2.82. The summed E-state index contributed by atoms with van der Waals surface area (Å²) in [6.45, 7) is 3.87. The molecule has 1 heterocycles. The Kier molecular flexibility index (Phi) is 4.02. The second kappa shape index (κ2) is 5.73. The van der Waals surface area contributed by atoms with E-state index in [2.05, 4.69) is 10.1 Å². The van der Waals surface area contributed by atoms with Gasteiger partial charge in [0.25, 0.3) is 5.91 Å². The number of rotatable bonds is 4. The minimum atomic E-state index is -0.143. The number of amides is 1. The van der Waals surface area contributed by atoms with Crippen LogP contribution in [0.5, 0.6) is 5.75 Å². The third-order valence-corrected chi connectivity index (χ3v) is 2.96. The number of methoxy groups -OCH3 is 1. The topological polar surface area (TPSA) is 68.5 Å². The van der Waals surface area contributed by atoms with E-state index in [0.717, 1.165) is 5.56 Å². The van der Waals surface area contributed by atoms with E-state index in [-0.39, 0.29) is 12.5 Å². The van der Waals surface area contributed by atoms with Crippen LogP contribution in [-0.2, 0) is 6.54 Å². The normalized spacial score (nSPS) is 10.4. The molecule has 0 radical (unpaired) electrons. The first kappa shape index (κ1) is 14.0. The second-order valence-electron chi connectivity index (χ2n) is 4.55. The molecule has 2 aromatic rings. The predicted molar refractivity (Wildman–Crippen MR) is 72.6 cm³/mol. The van der Waals surface area contributed by atoms with Crippen molar-refractivity contribution in [2.75, 3.05) is 14.2 Å². The Morgan fingerprint density at radius 2 is 2.15 bits per heavy atom. The van der Waals surface area contributed by atoms with Gasteiger partial charge in [-0.05, 0) is 25.5 Å². The molecule has 6 nitrogen and oxygen atoms in total. The van der Waals surface area contributed by atoms with E-state index in [1.165, 1.54) is 4.90 Å². The van der Waals surface area contributed by atoms with Crippen molar-refractivity contribution in [1.82, 2.24) is 15.0 Å². The molecule has 0 fully saturated rings. The fourth-order valence-corrected chi connectivity index (χ4v) is 1.95. The lowest BCUT2D eigenvalue weighted by atomic mass is 10.1. The lowest BCUT2D eigenvalue weighted by Crippen LogP contribution is -2.27. The molecule has 0 unspecified atom stereocenters. The summed E-state index contributed by atoms with van der Waals surface area (Å²) >= 11 is 0. The van der Waals surface area contributed by atoms with Gasteiger partial charge in [0.15, 0.2) is 5.82 Å². The number of hydrogen-bond donors (Lipinski definition) is 0. The van der Waals surface area contributed by atoms with Crippen molar-refractivity contribution >= 4 is 5.91 Å². The zero-order valence-corrected chi connectivity index (χ0v) is 12.0. The minimum absolute atomic E-state index is 0.143. The van der Waals surface area contributed by atoms with Crippen molar-refractivity contribution in [3.05, 3.63) is 41.0 Å². The highest BCUT2D eigenvalue weighted by Gasteiger charge is 2.20. The maximum atomic E-state index is 12.5. The SMILES string of the molecule is COc1cccc(C)c1C(=O)N(C)Cc1nc(C)no1. The number of carbonyl (C=O) groups is 1. The predicted octanol–water partition coefficient (Wildman–Crippen LogP) is 1.97. The van der Waals surface area contributed by atoms with Gasteiger partial charge in [-0.3, -0.25) is 4.79 Å².